The Morgan fingerprint density at radius 1 is 1.15 bits per heavy atom. The van der Waals surface area contributed by atoms with Gasteiger partial charge in [0.1, 0.15) is 5.75 Å². The number of benzene rings is 1. The molecule has 0 spiro atoms. The summed E-state index contributed by atoms with van der Waals surface area (Å²) in [6.45, 7) is 9.16. The van der Waals surface area contributed by atoms with Gasteiger partial charge in [-0.25, -0.2) is 0 Å². The van der Waals surface area contributed by atoms with E-state index in [2.05, 4.69) is 18.7 Å². The number of carbonyl (C=O) groups excluding carboxylic acids is 1. The topological polar surface area (TPSA) is 32.8 Å². The Bertz CT molecular complexity index is 434. The number of piperazine rings is 1. The fourth-order valence-electron chi connectivity index (χ4n) is 2.57. The minimum Gasteiger partial charge on any atom is -0.497 e. The van der Waals surface area contributed by atoms with Crippen LogP contribution < -0.4 is 4.74 Å². The number of rotatable bonds is 4. The normalized spacial score (nSPS) is 16.5. The number of nitrogens with zero attached hydrogens (tertiary/aromatic N) is 2. The second kappa shape index (κ2) is 6.75. The van der Waals surface area contributed by atoms with E-state index in [-0.39, 0.29) is 5.91 Å². The van der Waals surface area contributed by atoms with Crippen LogP contribution in [0.5, 0.6) is 5.75 Å². The van der Waals surface area contributed by atoms with Crippen LogP contribution in [-0.2, 0) is 0 Å². The summed E-state index contributed by atoms with van der Waals surface area (Å²) in [5, 5.41) is 0. The van der Waals surface area contributed by atoms with E-state index in [1.54, 1.807) is 7.11 Å². The van der Waals surface area contributed by atoms with Gasteiger partial charge in [0.2, 0.25) is 0 Å². The highest BCUT2D eigenvalue weighted by molar-refractivity contribution is 5.94. The standard InChI is InChI=1S/C16H24N2O2/c1-13(2)12-17-8-10-18(11-9-17)16(19)14-4-6-15(20-3)7-5-14/h4-7,13H,8-12H2,1-3H3. The molecule has 0 radical (unpaired) electrons. The van der Waals surface area contributed by atoms with E-state index < -0.39 is 0 Å². The molecule has 4 nitrogen and oxygen atoms in total. The van der Waals surface area contributed by atoms with Gasteiger partial charge in [-0.2, -0.15) is 0 Å². The number of hydrogen-bond acceptors (Lipinski definition) is 3. The zero-order valence-corrected chi connectivity index (χ0v) is 12.6. The van der Waals surface area contributed by atoms with Gasteiger partial charge < -0.3 is 9.64 Å². The SMILES string of the molecule is COc1ccc(C(=O)N2CCN(CC(C)C)CC2)cc1. The summed E-state index contributed by atoms with van der Waals surface area (Å²) in [5.41, 5.74) is 0.739. The first kappa shape index (κ1) is 14.9. The lowest BCUT2D eigenvalue weighted by molar-refractivity contribution is 0.0624. The number of carbonyl (C=O) groups is 1. The van der Waals surface area contributed by atoms with E-state index in [9.17, 15) is 4.79 Å². The molecule has 1 saturated heterocycles. The van der Waals surface area contributed by atoms with Crippen molar-refractivity contribution in [1.82, 2.24) is 9.80 Å². The van der Waals surface area contributed by atoms with Gasteiger partial charge >= 0.3 is 0 Å². The molecule has 1 amide bonds. The van der Waals surface area contributed by atoms with Gasteiger partial charge in [0, 0.05) is 38.3 Å². The van der Waals surface area contributed by atoms with Crippen LogP contribution in [0.4, 0.5) is 0 Å². The molecule has 1 aromatic carbocycles. The maximum atomic E-state index is 12.4. The molecule has 4 heteroatoms. The molecule has 0 atom stereocenters. The molecule has 1 aromatic rings. The Morgan fingerprint density at radius 2 is 1.75 bits per heavy atom. The summed E-state index contributed by atoms with van der Waals surface area (Å²) in [6.07, 6.45) is 0. The third-order valence-corrected chi connectivity index (χ3v) is 3.62. The van der Waals surface area contributed by atoms with E-state index in [1.807, 2.05) is 29.2 Å². The lowest BCUT2D eigenvalue weighted by atomic mass is 10.1. The molecule has 1 aliphatic rings. The second-order valence-corrected chi connectivity index (χ2v) is 5.72. The van der Waals surface area contributed by atoms with E-state index in [4.69, 9.17) is 4.74 Å². The zero-order chi connectivity index (χ0) is 14.5. The van der Waals surface area contributed by atoms with E-state index in [0.29, 0.717) is 5.92 Å². The average Bonchev–Trinajstić information content (AvgIpc) is 2.47. The van der Waals surface area contributed by atoms with Gasteiger partial charge in [0.25, 0.3) is 5.91 Å². The van der Waals surface area contributed by atoms with Crippen molar-refractivity contribution in [3.05, 3.63) is 29.8 Å². The van der Waals surface area contributed by atoms with E-state index >= 15 is 0 Å². The molecule has 0 N–H and O–H groups in total. The van der Waals surface area contributed by atoms with Gasteiger partial charge in [-0.3, -0.25) is 9.69 Å². The molecule has 1 heterocycles. The highest BCUT2D eigenvalue weighted by Crippen LogP contribution is 2.14. The second-order valence-electron chi connectivity index (χ2n) is 5.72. The fourth-order valence-corrected chi connectivity index (χ4v) is 2.57. The number of amides is 1. The van der Waals surface area contributed by atoms with Crippen molar-refractivity contribution in [2.45, 2.75) is 13.8 Å². The smallest absolute Gasteiger partial charge is 0.253 e. The molecule has 0 aromatic heterocycles. The van der Waals surface area contributed by atoms with E-state index in [1.165, 1.54) is 0 Å². The van der Waals surface area contributed by atoms with Crippen molar-refractivity contribution in [3.8, 4) is 5.75 Å². The minimum absolute atomic E-state index is 0.122. The largest absolute Gasteiger partial charge is 0.497 e. The zero-order valence-electron chi connectivity index (χ0n) is 12.6. The molecule has 1 aliphatic heterocycles. The van der Waals surface area contributed by atoms with Crippen LogP contribution in [0.1, 0.15) is 24.2 Å². The maximum absolute atomic E-state index is 12.4. The third kappa shape index (κ3) is 3.73. The molecular weight excluding hydrogens is 252 g/mol. The van der Waals surface area contributed by atoms with Crippen LogP contribution in [0.15, 0.2) is 24.3 Å². The van der Waals surface area contributed by atoms with Crippen molar-refractivity contribution < 1.29 is 9.53 Å². The summed E-state index contributed by atoms with van der Waals surface area (Å²) < 4.78 is 5.11. The van der Waals surface area contributed by atoms with Crippen LogP contribution in [0.3, 0.4) is 0 Å². The molecular formula is C16H24N2O2. The molecule has 1 fully saturated rings. The maximum Gasteiger partial charge on any atom is 0.253 e. The summed E-state index contributed by atoms with van der Waals surface area (Å²) >= 11 is 0. The summed E-state index contributed by atoms with van der Waals surface area (Å²) in [7, 11) is 1.63. The predicted molar refractivity (Wildman–Crippen MR) is 80.2 cm³/mol. The average molecular weight is 276 g/mol. The predicted octanol–water partition coefficient (Wildman–Crippen LogP) is 2.11. The van der Waals surface area contributed by atoms with Crippen LogP contribution in [-0.4, -0.2) is 55.5 Å². The van der Waals surface area contributed by atoms with Crippen LogP contribution in [0, 0.1) is 5.92 Å². The van der Waals surface area contributed by atoms with Gasteiger partial charge in [-0.05, 0) is 30.2 Å². The minimum atomic E-state index is 0.122. The summed E-state index contributed by atoms with van der Waals surface area (Å²) in [4.78, 5) is 16.8. The number of methoxy groups -OCH3 is 1. The van der Waals surface area contributed by atoms with Crippen molar-refractivity contribution in [2.75, 3.05) is 39.8 Å². The van der Waals surface area contributed by atoms with Gasteiger partial charge in [0.15, 0.2) is 0 Å². The first-order valence-electron chi connectivity index (χ1n) is 7.26. The van der Waals surface area contributed by atoms with Crippen molar-refractivity contribution >= 4 is 5.91 Å². The third-order valence-electron chi connectivity index (χ3n) is 3.62. The summed E-state index contributed by atoms with van der Waals surface area (Å²) in [6, 6.07) is 7.34. The number of ether oxygens (including phenoxy) is 1. The highest BCUT2D eigenvalue weighted by atomic mass is 16.5. The Labute approximate surface area is 121 Å². The summed E-state index contributed by atoms with van der Waals surface area (Å²) in [5.74, 6) is 1.58. The van der Waals surface area contributed by atoms with Crippen molar-refractivity contribution in [3.63, 3.8) is 0 Å². The molecule has 110 valence electrons. The molecule has 2 rings (SSSR count). The van der Waals surface area contributed by atoms with E-state index in [0.717, 1.165) is 44.0 Å². The Balaban J connectivity index is 1.90. The lowest BCUT2D eigenvalue weighted by Crippen LogP contribution is -2.49. The van der Waals surface area contributed by atoms with Gasteiger partial charge in [-0.15, -0.1) is 0 Å². The van der Waals surface area contributed by atoms with Crippen molar-refractivity contribution in [1.29, 1.82) is 0 Å². The monoisotopic (exact) mass is 276 g/mol. The van der Waals surface area contributed by atoms with Crippen LogP contribution in [0.25, 0.3) is 0 Å². The van der Waals surface area contributed by atoms with Crippen LogP contribution in [0.2, 0.25) is 0 Å². The first-order valence-corrected chi connectivity index (χ1v) is 7.26. The van der Waals surface area contributed by atoms with Gasteiger partial charge in [0.05, 0.1) is 7.11 Å². The molecule has 0 saturated carbocycles. The molecule has 0 bridgehead atoms. The number of hydrogen-bond donors (Lipinski definition) is 0. The lowest BCUT2D eigenvalue weighted by Gasteiger charge is -2.35. The Hall–Kier alpha value is -1.55. The quantitative estimate of drug-likeness (QED) is 0.844. The molecule has 20 heavy (non-hydrogen) atoms. The Morgan fingerprint density at radius 3 is 2.25 bits per heavy atom. The first-order chi connectivity index (χ1) is 9.60. The fraction of sp³-hybridized carbons (Fsp3) is 0.562. The highest BCUT2D eigenvalue weighted by Gasteiger charge is 2.22. The molecule has 0 unspecified atom stereocenters. The van der Waals surface area contributed by atoms with Crippen molar-refractivity contribution in [2.24, 2.45) is 5.92 Å². The Kier molecular flexibility index (Phi) is 5.01. The van der Waals surface area contributed by atoms with Gasteiger partial charge in [-0.1, -0.05) is 13.8 Å². The molecule has 0 aliphatic carbocycles. The van der Waals surface area contributed by atoms with Crippen LogP contribution >= 0.6 is 0 Å².